The minimum atomic E-state index is -0.634. The van der Waals surface area contributed by atoms with Crippen molar-refractivity contribution in [2.24, 2.45) is 5.92 Å². The molecule has 2 aromatic rings. The molecule has 0 saturated carbocycles. The number of imide groups is 1. The monoisotopic (exact) mass is 500 g/mol. The van der Waals surface area contributed by atoms with Gasteiger partial charge in [-0.15, -0.1) is 0 Å². The second-order valence-electron chi connectivity index (χ2n) is 10.1. The van der Waals surface area contributed by atoms with Crippen molar-refractivity contribution in [1.29, 1.82) is 5.26 Å². The summed E-state index contributed by atoms with van der Waals surface area (Å²) in [5.41, 5.74) is 2.61. The molecule has 8 nitrogen and oxygen atoms in total. The highest BCUT2D eigenvalue weighted by Gasteiger charge is 2.40. The third kappa shape index (κ3) is 5.37. The molecule has 37 heavy (non-hydrogen) atoms. The fraction of sp³-hybridized carbons (Fsp3) is 0.448. The highest BCUT2D eigenvalue weighted by Crippen LogP contribution is 2.34. The second kappa shape index (κ2) is 11.1. The molecular formula is C29H32N4O4. The lowest BCUT2D eigenvalue weighted by atomic mass is 9.83. The van der Waals surface area contributed by atoms with Gasteiger partial charge in [-0.3, -0.25) is 19.7 Å². The van der Waals surface area contributed by atoms with Crippen molar-refractivity contribution in [3.63, 3.8) is 0 Å². The molecule has 192 valence electrons. The van der Waals surface area contributed by atoms with E-state index in [4.69, 9.17) is 4.74 Å². The summed E-state index contributed by atoms with van der Waals surface area (Å²) in [7, 11) is 0. The van der Waals surface area contributed by atoms with E-state index < -0.39 is 11.9 Å². The quantitative estimate of drug-likeness (QED) is 0.463. The van der Waals surface area contributed by atoms with Crippen LogP contribution >= 0.6 is 0 Å². The molecule has 2 unspecified atom stereocenters. The fourth-order valence-corrected chi connectivity index (χ4v) is 5.80. The summed E-state index contributed by atoms with van der Waals surface area (Å²) < 4.78 is 6.12. The predicted octanol–water partition coefficient (Wildman–Crippen LogP) is 3.24. The first-order valence-corrected chi connectivity index (χ1v) is 13.1. The lowest BCUT2D eigenvalue weighted by Gasteiger charge is -2.29. The third-order valence-electron chi connectivity index (χ3n) is 7.81. The molecule has 2 fully saturated rings. The molecule has 3 aliphatic heterocycles. The zero-order chi connectivity index (χ0) is 25.8. The second-order valence-corrected chi connectivity index (χ2v) is 10.1. The maximum Gasteiger partial charge on any atom is 0.255 e. The number of ether oxygens (including phenoxy) is 1. The van der Waals surface area contributed by atoms with Crippen LogP contribution in [-0.2, 0) is 16.1 Å². The Hall–Kier alpha value is -3.70. The standard InChI is InChI=1S/C29H32N4O4/c30-18-21-12-15-32(16-13-22(21)20-6-2-1-3-7-20)14-5-17-37-26-9-4-8-23-24(26)19-33(29(23)36)25-10-11-27(34)31-28(25)35/h1-4,6-9,21-22,25H,5,10-17,19H2,(H,31,34,35)/t21-,22?,25?/m0/s1. The van der Waals surface area contributed by atoms with E-state index in [2.05, 4.69) is 28.4 Å². The molecule has 3 heterocycles. The van der Waals surface area contributed by atoms with Crippen LogP contribution in [0.5, 0.6) is 5.75 Å². The van der Waals surface area contributed by atoms with Crippen molar-refractivity contribution < 1.29 is 19.1 Å². The predicted molar refractivity (Wildman–Crippen MR) is 137 cm³/mol. The number of nitrogens with zero attached hydrogens (tertiary/aromatic N) is 3. The molecule has 8 heteroatoms. The maximum atomic E-state index is 13.0. The Kier molecular flexibility index (Phi) is 7.52. The first-order valence-electron chi connectivity index (χ1n) is 13.1. The van der Waals surface area contributed by atoms with E-state index in [1.54, 1.807) is 17.0 Å². The first kappa shape index (κ1) is 25.0. The number of nitrogens with one attached hydrogen (secondary N) is 1. The van der Waals surface area contributed by atoms with Crippen LogP contribution < -0.4 is 10.1 Å². The molecule has 0 aromatic heterocycles. The number of fused-ring (bicyclic) bond motifs is 1. The van der Waals surface area contributed by atoms with Gasteiger partial charge in [0.2, 0.25) is 11.8 Å². The van der Waals surface area contributed by atoms with E-state index in [0.29, 0.717) is 30.9 Å². The third-order valence-corrected chi connectivity index (χ3v) is 7.81. The van der Waals surface area contributed by atoms with Crippen molar-refractivity contribution in [2.45, 2.75) is 50.6 Å². The summed E-state index contributed by atoms with van der Waals surface area (Å²) in [6.07, 6.45) is 3.24. The van der Waals surface area contributed by atoms with Crippen molar-refractivity contribution in [2.75, 3.05) is 26.2 Å². The fourth-order valence-electron chi connectivity index (χ4n) is 5.80. The highest BCUT2D eigenvalue weighted by molar-refractivity contribution is 6.05. The van der Waals surface area contributed by atoms with Gasteiger partial charge in [-0.2, -0.15) is 5.26 Å². The Labute approximate surface area is 217 Å². The van der Waals surface area contributed by atoms with Gasteiger partial charge < -0.3 is 14.5 Å². The van der Waals surface area contributed by atoms with E-state index >= 15 is 0 Å². The topological polar surface area (TPSA) is 103 Å². The molecule has 0 spiro atoms. The van der Waals surface area contributed by atoms with Crippen molar-refractivity contribution >= 4 is 17.7 Å². The lowest BCUT2D eigenvalue weighted by molar-refractivity contribution is -0.136. The Balaban J connectivity index is 1.15. The number of hydrogen-bond acceptors (Lipinski definition) is 6. The van der Waals surface area contributed by atoms with E-state index in [1.165, 1.54) is 5.56 Å². The Morgan fingerprint density at radius 1 is 1.00 bits per heavy atom. The molecule has 5 rings (SSSR count). The Morgan fingerprint density at radius 3 is 2.59 bits per heavy atom. The van der Waals surface area contributed by atoms with Gasteiger partial charge in [-0.1, -0.05) is 36.4 Å². The molecular weight excluding hydrogens is 468 g/mol. The zero-order valence-corrected chi connectivity index (χ0v) is 20.9. The van der Waals surface area contributed by atoms with Gasteiger partial charge in [-0.25, -0.2) is 0 Å². The molecule has 0 radical (unpaired) electrons. The number of hydrogen-bond donors (Lipinski definition) is 1. The number of carbonyl (C=O) groups excluding carboxylic acids is 3. The van der Waals surface area contributed by atoms with E-state index in [9.17, 15) is 19.6 Å². The maximum absolute atomic E-state index is 13.0. The number of carbonyl (C=O) groups is 3. The number of piperidine rings is 1. The number of benzene rings is 2. The zero-order valence-electron chi connectivity index (χ0n) is 20.9. The van der Waals surface area contributed by atoms with Gasteiger partial charge in [0.15, 0.2) is 0 Å². The van der Waals surface area contributed by atoms with Crippen LogP contribution in [0.25, 0.3) is 0 Å². The molecule has 2 aromatic carbocycles. The van der Waals surface area contributed by atoms with Gasteiger partial charge in [0.05, 0.1) is 25.1 Å². The molecule has 0 aliphatic carbocycles. The average molecular weight is 501 g/mol. The Morgan fingerprint density at radius 2 is 1.81 bits per heavy atom. The number of likely N-dealkylation sites (tertiary alicyclic amines) is 1. The van der Waals surface area contributed by atoms with Crippen LogP contribution in [0.1, 0.15) is 59.5 Å². The summed E-state index contributed by atoms with van der Waals surface area (Å²) >= 11 is 0. The Bertz CT molecular complexity index is 1210. The molecule has 3 aliphatic rings. The summed E-state index contributed by atoms with van der Waals surface area (Å²) in [4.78, 5) is 40.8. The van der Waals surface area contributed by atoms with E-state index in [0.717, 1.165) is 44.5 Å². The number of rotatable bonds is 7. The average Bonchev–Trinajstić information content (AvgIpc) is 3.11. The van der Waals surface area contributed by atoms with Crippen LogP contribution in [0.3, 0.4) is 0 Å². The van der Waals surface area contributed by atoms with Crippen LogP contribution in [0.4, 0.5) is 0 Å². The van der Waals surface area contributed by atoms with Crippen LogP contribution in [0.15, 0.2) is 48.5 Å². The van der Waals surface area contributed by atoms with Gasteiger partial charge in [0, 0.05) is 30.0 Å². The SMILES string of the molecule is N#C[C@@H]1CCN(CCCOc2cccc3c2CN(C2CCC(=O)NC2=O)C3=O)CCC1c1ccccc1. The highest BCUT2D eigenvalue weighted by atomic mass is 16.5. The van der Waals surface area contributed by atoms with Gasteiger partial charge in [0.25, 0.3) is 5.91 Å². The minimum Gasteiger partial charge on any atom is -0.493 e. The summed E-state index contributed by atoms with van der Waals surface area (Å²) in [5.74, 6) is 0.0670. The minimum absolute atomic E-state index is 0.0282. The smallest absolute Gasteiger partial charge is 0.255 e. The molecule has 1 N–H and O–H groups in total. The van der Waals surface area contributed by atoms with Gasteiger partial charge in [-0.05, 0) is 56.5 Å². The van der Waals surface area contributed by atoms with Crippen LogP contribution in [0, 0.1) is 17.2 Å². The number of amides is 3. The summed E-state index contributed by atoms with van der Waals surface area (Å²) in [6.45, 7) is 3.56. The van der Waals surface area contributed by atoms with E-state index in [-0.39, 0.29) is 30.1 Å². The normalized spacial score (nSPS) is 24.2. The largest absolute Gasteiger partial charge is 0.493 e. The van der Waals surface area contributed by atoms with E-state index in [1.807, 2.05) is 24.3 Å². The van der Waals surface area contributed by atoms with Crippen molar-refractivity contribution in [1.82, 2.24) is 15.1 Å². The molecule has 0 bridgehead atoms. The van der Waals surface area contributed by atoms with Crippen molar-refractivity contribution in [3.05, 3.63) is 65.2 Å². The molecule has 3 amide bonds. The molecule has 3 atom stereocenters. The van der Waals surface area contributed by atoms with Crippen molar-refractivity contribution in [3.8, 4) is 11.8 Å². The van der Waals surface area contributed by atoms with Crippen LogP contribution in [-0.4, -0.2) is 59.8 Å². The van der Waals surface area contributed by atoms with Gasteiger partial charge in [0.1, 0.15) is 11.8 Å². The number of nitriles is 1. The summed E-state index contributed by atoms with van der Waals surface area (Å²) in [6, 6.07) is 17.7. The lowest BCUT2D eigenvalue weighted by Crippen LogP contribution is -2.52. The molecule has 2 saturated heterocycles. The summed E-state index contributed by atoms with van der Waals surface area (Å²) in [5, 5.41) is 12.1. The first-order chi connectivity index (χ1) is 18.0. The van der Waals surface area contributed by atoms with Gasteiger partial charge >= 0.3 is 0 Å². The van der Waals surface area contributed by atoms with Crippen LogP contribution in [0.2, 0.25) is 0 Å².